The predicted molar refractivity (Wildman–Crippen MR) is 67.2 cm³/mol. The topological polar surface area (TPSA) is 85.5 Å². The monoisotopic (exact) mass is 267 g/mol. The summed E-state index contributed by atoms with van der Waals surface area (Å²) in [7, 11) is 0. The van der Waals surface area contributed by atoms with Crippen molar-refractivity contribution in [2.24, 2.45) is 0 Å². The molecule has 0 fully saturated rings. The molecule has 0 aliphatic heterocycles. The van der Waals surface area contributed by atoms with Crippen molar-refractivity contribution in [1.29, 1.82) is 0 Å². The maximum absolute atomic E-state index is 11.9. The molecule has 0 saturated heterocycles. The van der Waals surface area contributed by atoms with Crippen LogP contribution in [0.5, 0.6) is 0 Å². The molecule has 0 saturated carbocycles. The van der Waals surface area contributed by atoms with Crippen LogP contribution in [0.3, 0.4) is 0 Å². The van der Waals surface area contributed by atoms with Crippen molar-refractivity contribution in [1.82, 2.24) is 4.98 Å². The number of aromatic amines is 1. The fourth-order valence-electron chi connectivity index (χ4n) is 1.81. The number of aromatic nitrogens is 1. The van der Waals surface area contributed by atoms with E-state index in [0.717, 1.165) is 0 Å². The van der Waals surface area contributed by atoms with E-state index < -0.39 is 11.9 Å². The Morgan fingerprint density at radius 2 is 1.79 bits per heavy atom. The molecule has 1 rings (SSSR count). The average Bonchev–Trinajstić information content (AvgIpc) is 2.62. The summed E-state index contributed by atoms with van der Waals surface area (Å²) in [6, 6.07) is 0. The van der Waals surface area contributed by atoms with Gasteiger partial charge in [0, 0.05) is 18.2 Å². The zero-order chi connectivity index (χ0) is 14.6. The van der Waals surface area contributed by atoms with Crippen LogP contribution in [0, 0.1) is 13.8 Å². The Bertz CT molecular complexity index is 515. The number of rotatable bonds is 5. The van der Waals surface area contributed by atoms with Gasteiger partial charge >= 0.3 is 11.9 Å². The van der Waals surface area contributed by atoms with E-state index in [0.29, 0.717) is 16.8 Å². The summed E-state index contributed by atoms with van der Waals surface area (Å²) in [6.07, 6.45) is 0. The SMILES string of the molecule is CCOC(=O)c1[nH]c(C)c(C(=O)COC(C)=O)c1C. The number of H-pyrrole nitrogens is 1. The van der Waals surface area contributed by atoms with Gasteiger partial charge in [-0.2, -0.15) is 0 Å². The number of carbonyl (C=O) groups excluding carboxylic acids is 3. The van der Waals surface area contributed by atoms with Crippen LogP contribution in [-0.4, -0.2) is 35.9 Å². The van der Waals surface area contributed by atoms with E-state index in [1.807, 2.05) is 0 Å². The summed E-state index contributed by atoms with van der Waals surface area (Å²) in [5, 5.41) is 0. The lowest BCUT2D eigenvalue weighted by Crippen LogP contribution is -2.13. The van der Waals surface area contributed by atoms with E-state index in [2.05, 4.69) is 9.72 Å². The zero-order valence-electron chi connectivity index (χ0n) is 11.5. The van der Waals surface area contributed by atoms with Crippen molar-refractivity contribution in [3.05, 3.63) is 22.5 Å². The van der Waals surface area contributed by atoms with E-state index in [9.17, 15) is 14.4 Å². The third-order valence-corrected chi connectivity index (χ3v) is 2.60. The minimum Gasteiger partial charge on any atom is -0.461 e. The second-order valence-electron chi connectivity index (χ2n) is 4.05. The molecule has 1 N–H and O–H groups in total. The molecule has 0 atom stereocenters. The van der Waals surface area contributed by atoms with Gasteiger partial charge in [0.05, 0.1) is 6.61 Å². The number of nitrogens with one attached hydrogen (secondary N) is 1. The summed E-state index contributed by atoms with van der Waals surface area (Å²) in [6.45, 7) is 6.18. The van der Waals surface area contributed by atoms with Crippen molar-refractivity contribution >= 4 is 17.7 Å². The fraction of sp³-hybridized carbons (Fsp3) is 0.462. The van der Waals surface area contributed by atoms with Crippen LogP contribution in [0.1, 0.15) is 46.0 Å². The highest BCUT2D eigenvalue weighted by molar-refractivity contribution is 6.03. The molecule has 0 radical (unpaired) electrons. The Hall–Kier alpha value is -2.11. The lowest BCUT2D eigenvalue weighted by atomic mass is 10.1. The van der Waals surface area contributed by atoms with E-state index >= 15 is 0 Å². The minimum absolute atomic E-state index is 0.255. The number of hydrogen-bond donors (Lipinski definition) is 1. The zero-order valence-corrected chi connectivity index (χ0v) is 11.5. The Morgan fingerprint density at radius 3 is 2.32 bits per heavy atom. The third-order valence-electron chi connectivity index (χ3n) is 2.60. The van der Waals surface area contributed by atoms with Crippen LogP contribution in [0.15, 0.2) is 0 Å². The minimum atomic E-state index is -0.523. The lowest BCUT2D eigenvalue weighted by Gasteiger charge is -2.03. The summed E-state index contributed by atoms with van der Waals surface area (Å²) in [5.74, 6) is -1.38. The number of hydrogen-bond acceptors (Lipinski definition) is 5. The van der Waals surface area contributed by atoms with Crippen molar-refractivity contribution in [3.63, 3.8) is 0 Å². The van der Waals surface area contributed by atoms with Crippen molar-refractivity contribution < 1.29 is 23.9 Å². The van der Waals surface area contributed by atoms with Gasteiger partial charge in [0.1, 0.15) is 5.69 Å². The molecule has 1 aromatic rings. The summed E-state index contributed by atoms with van der Waals surface area (Å²) >= 11 is 0. The number of ketones is 1. The first-order valence-electron chi connectivity index (χ1n) is 5.91. The van der Waals surface area contributed by atoms with Crippen LogP contribution in [0.25, 0.3) is 0 Å². The molecular formula is C13H17NO5. The molecule has 6 heteroatoms. The molecule has 1 aromatic heterocycles. The van der Waals surface area contributed by atoms with Gasteiger partial charge < -0.3 is 14.5 Å². The first-order valence-corrected chi connectivity index (χ1v) is 5.91. The maximum Gasteiger partial charge on any atom is 0.355 e. The van der Waals surface area contributed by atoms with Crippen LogP contribution in [0.2, 0.25) is 0 Å². The highest BCUT2D eigenvalue weighted by Gasteiger charge is 2.22. The van der Waals surface area contributed by atoms with Crippen molar-refractivity contribution in [2.75, 3.05) is 13.2 Å². The van der Waals surface area contributed by atoms with E-state index in [-0.39, 0.29) is 24.7 Å². The normalized spacial score (nSPS) is 10.1. The van der Waals surface area contributed by atoms with Gasteiger partial charge in [0.15, 0.2) is 6.61 Å². The Balaban J connectivity index is 2.99. The van der Waals surface area contributed by atoms with Gasteiger partial charge in [0.2, 0.25) is 5.78 Å². The fourth-order valence-corrected chi connectivity index (χ4v) is 1.81. The number of ether oxygens (including phenoxy) is 2. The van der Waals surface area contributed by atoms with E-state index in [1.165, 1.54) is 6.92 Å². The Kier molecular flexibility index (Phi) is 4.86. The summed E-state index contributed by atoms with van der Waals surface area (Å²) < 4.78 is 9.55. The number of aryl methyl sites for hydroxylation is 1. The van der Waals surface area contributed by atoms with Gasteiger partial charge in [-0.3, -0.25) is 9.59 Å². The Morgan fingerprint density at radius 1 is 1.16 bits per heavy atom. The molecule has 0 aliphatic rings. The first kappa shape index (κ1) is 14.9. The standard InChI is InChI=1S/C13H17NO5/c1-5-18-13(17)12-7(2)11(8(3)14-12)10(16)6-19-9(4)15/h14H,5-6H2,1-4H3. The van der Waals surface area contributed by atoms with Gasteiger partial charge in [-0.15, -0.1) is 0 Å². The molecule has 1 heterocycles. The van der Waals surface area contributed by atoms with Gasteiger partial charge in [-0.1, -0.05) is 0 Å². The average molecular weight is 267 g/mol. The lowest BCUT2D eigenvalue weighted by molar-refractivity contribution is -0.139. The molecular weight excluding hydrogens is 250 g/mol. The third kappa shape index (κ3) is 3.43. The molecule has 0 spiro atoms. The smallest absolute Gasteiger partial charge is 0.355 e. The highest BCUT2D eigenvalue weighted by Crippen LogP contribution is 2.19. The molecule has 0 amide bonds. The summed E-state index contributed by atoms with van der Waals surface area (Å²) in [5.41, 5.74) is 1.68. The maximum atomic E-state index is 11.9. The first-order chi connectivity index (χ1) is 8.88. The molecule has 0 bridgehead atoms. The van der Waals surface area contributed by atoms with Crippen LogP contribution in [-0.2, 0) is 14.3 Å². The van der Waals surface area contributed by atoms with Crippen LogP contribution < -0.4 is 0 Å². The van der Waals surface area contributed by atoms with Gasteiger partial charge in [-0.25, -0.2) is 4.79 Å². The predicted octanol–water partition coefficient (Wildman–Crippen LogP) is 1.55. The van der Waals surface area contributed by atoms with Crippen LogP contribution >= 0.6 is 0 Å². The number of carbonyl (C=O) groups is 3. The molecule has 0 aliphatic carbocycles. The van der Waals surface area contributed by atoms with Gasteiger partial charge in [-0.05, 0) is 26.3 Å². The van der Waals surface area contributed by atoms with Crippen molar-refractivity contribution in [2.45, 2.75) is 27.7 Å². The van der Waals surface area contributed by atoms with Crippen LogP contribution in [0.4, 0.5) is 0 Å². The second-order valence-corrected chi connectivity index (χ2v) is 4.05. The van der Waals surface area contributed by atoms with Crippen molar-refractivity contribution in [3.8, 4) is 0 Å². The highest BCUT2D eigenvalue weighted by atomic mass is 16.5. The second kappa shape index (κ2) is 6.17. The number of Topliss-reactive ketones (excluding diaryl/α,β-unsaturated/α-hetero) is 1. The quantitative estimate of drug-likeness (QED) is 0.646. The largest absolute Gasteiger partial charge is 0.461 e. The van der Waals surface area contributed by atoms with Gasteiger partial charge in [0.25, 0.3) is 0 Å². The Labute approximate surface area is 111 Å². The summed E-state index contributed by atoms with van der Waals surface area (Å²) in [4.78, 5) is 37.1. The molecule has 6 nitrogen and oxygen atoms in total. The number of esters is 2. The van der Waals surface area contributed by atoms with E-state index in [4.69, 9.17) is 4.74 Å². The molecule has 0 aromatic carbocycles. The molecule has 104 valence electrons. The molecule has 0 unspecified atom stereocenters. The van der Waals surface area contributed by atoms with E-state index in [1.54, 1.807) is 20.8 Å². The molecule has 19 heavy (non-hydrogen) atoms.